The fraction of sp³-hybridized carbons (Fsp3) is 0.364. The number of likely N-dealkylation sites (tertiary alicyclic amines) is 1. The Morgan fingerprint density at radius 2 is 1.62 bits per heavy atom. The van der Waals surface area contributed by atoms with E-state index in [9.17, 15) is 9.59 Å². The molecular formula is C22H24N2O2. The molecule has 2 aromatic carbocycles. The molecule has 1 aliphatic carbocycles. The molecule has 1 aliphatic heterocycles. The predicted molar refractivity (Wildman–Crippen MR) is 101 cm³/mol. The largest absolute Gasteiger partial charge is 0.352 e. The molecule has 1 unspecified atom stereocenters. The van der Waals surface area contributed by atoms with Crippen LogP contribution in [-0.2, 0) is 16.0 Å². The first-order valence-corrected chi connectivity index (χ1v) is 9.45. The van der Waals surface area contributed by atoms with Gasteiger partial charge in [0, 0.05) is 12.6 Å². The zero-order valence-electron chi connectivity index (χ0n) is 14.9. The maximum absolute atomic E-state index is 12.7. The number of hydrogen-bond acceptors (Lipinski definition) is 2. The molecule has 4 rings (SSSR count). The Labute approximate surface area is 154 Å². The summed E-state index contributed by atoms with van der Waals surface area (Å²) in [6.45, 7) is 0.684. The number of carbonyl (C=O) groups is 2. The Bertz CT molecular complexity index is 782. The molecule has 1 saturated carbocycles. The summed E-state index contributed by atoms with van der Waals surface area (Å²) in [5.41, 5.74) is 3.30. The molecule has 0 spiro atoms. The summed E-state index contributed by atoms with van der Waals surface area (Å²) in [5.74, 6) is 0.0729. The van der Waals surface area contributed by atoms with Crippen molar-refractivity contribution >= 4 is 11.8 Å². The van der Waals surface area contributed by atoms with Crippen molar-refractivity contribution in [2.24, 2.45) is 0 Å². The molecule has 1 N–H and O–H groups in total. The van der Waals surface area contributed by atoms with Crippen LogP contribution >= 0.6 is 0 Å². The third-order valence-electron chi connectivity index (χ3n) is 5.22. The van der Waals surface area contributed by atoms with E-state index in [2.05, 4.69) is 29.6 Å². The first kappa shape index (κ1) is 16.8. The second-order valence-corrected chi connectivity index (χ2v) is 7.27. The van der Waals surface area contributed by atoms with Gasteiger partial charge in [0.05, 0.1) is 6.42 Å². The molecule has 1 atom stereocenters. The molecule has 2 amide bonds. The molecule has 0 radical (unpaired) electrons. The fourth-order valence-electron chi connectivity index (χ4n) is 3.58. The average molecular weight is 348 g/mol. The summed E-state index contributed by atoms with van der Waals surface area (Å²) in [4.78, 5) is 26.9. The van der Waals surface area contributed by atoms with Crippen LogP contribution in [0.15, 0.2) is 54.6 Å². The molecule has 0 bridgehead atoms. The van der Waals surface area contributed by atoms with Gasteiger partial charge in [-0.15, -0.1) is 0 Å². The summed E-state index contributed by atoms with van der Waals surface area (Å²) in [6.07, 6.45) is 4.17. The monoisotopic (exact) mass is 348 g/mol. The highest BCUT2D eigenvalue weighted by molar-refractivity contribution is 5.89. The van der Waals surface area contributed by atoms with Crippen molar-refractivity contribution < 1.29 is 9.59 Å². The zero-order valence-corrected chi connectivity index (χ0v) is 14.9. The Morgan fingerprint density at radius 3 is 2.31 bits per heavy atom. The lowest BCUT2D eigenvalue weighted by Crippen LogP contribution is -2.47. The number of carbonyl (C=O) groups excluding carboxylic acids is 2. The van der Waals surface area contributed by atoms with Gasteiger partial charge in [-0.1, -0.05) is 54.6 Å². The van der Waals surface area contributed by atoms with Crippen molar-refractivity contribution in [3.63, 3.8) is 0 Å². The molecule has 0 aromatic heterocycles. The standard InChI is InChI=1S/C22H24N2O2/c25-21(24-14-4-7-20(24)22(26)23-19-12-13-19)15-16-8-10-18(11-9-16)17-5-2-1-3-6-17/h1-3,5-6,8-11,19-20H,4,7,12-15H2,(H,23,26). The normalized spacial score (nSPS) is 19.4. The highest BCUT2D eigenvalue weighted by Gasteiger charge is 2.36. The average Bonchev–Trinajstić information content (AvgIpc) is 3.34. The van der Waals surface area contributed by atoms with Crippen LogP contribution in [0.3, 0.4) is 0 Å². The Balaban J connectivity index is 1.40. The number of amides is 2. The first-order chi connectivity index (χ1) is 12.7. The molecule has 4 nitrogen and oxygen atoms in total. The van der Waals surface area contributed by atoms with Gasteiger partial charge < -0.3 is 10.2 Å². The van der Waals surface area contributed by atoms with Crippen molar-refractivity contribution in [3.8, 4) is 11.1 Å². The summed E-state index contributed by atoms with van der Waals surface area (Å²) in [7, 11) is 0. The smallest absolute Gasteiger partial charge is 0.243 e. The Kier molecular flexibility index (Phi) is 4.74. The van der Waals surface area contributed by atoms with Crippen molar-refractivity contribution in [1.29, 1.82) is 0 Å². The molecule has 2 aliphatic rings. The Morgan fingerprint density at radius 1 is 0.923 bits per heavy atom. The van der Waals surface area contributed by atoms with Crippen molar-refractivity contribution in [3.05, 3.63) is 60.2 Å². The van der Waals surface area contributed by atoms with E-state index in [0.29, 0.717) is 19.0 Å². The number of nitrogens with zero attached hydrogens (tertiary/aromatic N) is 1. The minimum atomic E-state index is -0.285. The molecule has 26 heavy (non-hydrogen) atoms. The van der Waals surface area contributed by atoms with E-state index >= 15 is 0 Å². The van der Waals surface area contributed by atoms with Crippen LogP contribution in [0.25, 0.3) is 11.1 Å². The van der Waals surface area contributed by atoms with E-state index in [1.165, 1.54) is 5.56 Å². The molecule has 2 aromatic rings. The highest BCUT2D eigenvalue weighted by Crippen LogP contribution is 2.24. The van der Waals surface area contributed by atoms with Crippen LogP contribution in [0.2, 0.25) is 0 Å². The lowest BCUT2D eigenvalue weighted by Gasteiger charge is -2.24. The van der Waals surface area contributed by atoms with E-state index in [1.807, 2.05) is 30.3 Å². The van der Waals surface area contributed by atoms with Crippen LogP contribution in [0.5, 0.6) is 0 Å². The van der Waals surface area contributed by atoms with Gasteiger partial charge >= 0.3 is 0 Å². The Hall–Kier alpha value is -2.62. The second kappa shape index (κ2) is 7.32. The minimum Gasteiger partial charge on any atom is -0.352 e. The van der Waals surface area contributed by atoms with Crippen LogP contribution in [0.4, 0.5) is 0 Å². The molecular weight excluding hydrogens is 324 g/mol. The maximum atomic E-state index is 12.7. The molecule has 1 saturated heterocycles. The number of hydrogen-bond donors (Lipinski definition) is 1. The third kappa shape index (κ3) is 3.79. The van der Waals surface area contributed by atoms with Gasteiger partial charge in [0.25, 0.3) is 0 Å². The van der Waals surface area contributed by atoms with E-state index < -0.39 is 0 Å². The van der Waals surface area contributed by atoms with Crippen molar-refractivity contribution in [2.75, 3.05) is 6.54 Å². The second-order valence-electron chi connectivity index (χ2n) is 7.27. The van der Waals surface area contributed by atoms with Crippen molar-refractivity contribution in [2.45, 2.75) is 44.2 Å². The van der Waals surface area contributed by atoms with Crippen LogP contribution < -0.4 is 5.32 Å². The van der Waals surface area contributed by atoms with Gasteiger partial charge in [-0.2, -0.15) is 0 Å². The summed E-state index contributed by atoms with van der Waals surface area (Å²) >= 11 is 0. The zero-order chi connectivity index (χ0) is 17.9. The topological polar surface area (TPSA) is 49.4 Å². The van der Waals surface area contributed by atoms with Gasteiger partial charge in [0.2, 0.25) is 11.8 Å². The van der Waals surface area contributed by atoms with Gasteiger partial charge in [-0.25, -0.2) is 0 Å². The number of benzene rings is 2. The van der Waals surface area contributed by atoms with Gasteiger partial charge in [0.1, 0.15) is 6.04 Å². The molecule has 4 heteroatoms. The van der Waals surface area contributed by atoms with Crippen LogP contribution in [0, 0.1) is 0 Å². The predicted octanol–water partition coefficient (Wildman–Crippen LogP) is 3.17. The lowest BCUT2D eigenvalue weighted by atomic mass is 10.0. The van der Waals surface area contributed by atoms with E-state index in [0.717, 1.165) is 36.8 Å². The molecule has 1 heterocycles. The van der Waals surface area contributed by atoms with Crippen LogP contribution in [0.1, 0.15) is 31.2 Å². The number of nitrogens with one attached hydrogen (secondary N) is 1. The van der Waals surface area contributed by atoms with Gasteiger partial charge in [0.15, 0.2) is 0 Å². The summed E-state index contributed by atoms with van der Waals surface area (Å²) in [5, 5.41) is 3.04. The summed E-state index contributed by atoms with van der Waals surface area (Å²) in [6, 6.07) is 18.4. The minimum absolute atomic E-state index is 0.0257. The van der Waals surface area contributed by atoms with Gasteiger partial charge in [-0.05, 0) is 42.4 Å². The lowest BCUT2D eigenvalue weighted by molar-refractivity contribution is -0.138. The van der Waals surface area contributed by atoms with Crippen LogP contribution in [-0.4, -0.2) is 35.3 Å². The molecule has 134 valence electrons. The quantitative estimate of drug-likeness (QED) is 0.902. The van der Waals surface area contributed by atoms with Crippen molar-refractivity contribution in [1.82, 2.24) is 10.2 Å². The third-order valence-corrected chi connectivity index (χ3v) is 5.22. The van der Waals surface area contributed by atoms with E-state index in [1.54, 1.807) is 4.90 Å². The SMILES string of the molecule is O=C(NC1CC1)C1CCCN1C(=O)Cc1ccc(-c2ccccc2)cc1. The first-order valence-electron chi connectivity index (χ1n) is 9.45. The van der Waals surface area contributed by atoms with E-state index in [-0.39, 0.29) is 17.9 Å². The summed E-state index contributed by atoms with van der Waals surface area (Å²) < 4.78 is 0. The number of rotatable bonds is 5. The van der Waals surface area contributed by atoms with Gasteiger partial charge in [-0.3, -0.25) is 9.59 Å². The molecule has 2 fully saturated rings. The maximum Gasteiger partial charge on any atom is 0.243 e. The van der Waals surface area contributed by atoms with E-state index in [4.69, 9.17) is 0 Å². The highest BCUT2D eigenvalue weighted by atomic mass is 16.2. The fourth-order valence-corrected chi connectivity index (χ4v) is 3.58.